The van der Waals surface area contributed by atoms with Gasteiger partial charge in [-0.3, -0.25) is 0 Å². The summed E-state index contributed by atoms with van der Waals surface area (Å²) < 4.78 is 29.3. The Bertz CT molecular complexity index is 726. The largest absolute Gasteiger partial charge is 0.382 e. The van der Waals surface area contributed by atoms with Gasteiger partial charge in [-0.05, 0) is 29.2 Å². The minimum Gasteiger partial charge on any atom is -0.382 e. The Balaban J connectivity index is 2.32. The second-order valence-electron chi connectivity index (χ2n) is 4.59. The molecule has 1 aromatic carbocycles. The fourth-order valence-electron chi connectivity index (χ4n) is 1.90. The van der Waals surface area contributed by atoms with Gasteiger partial charge >= 0.3 is 0 Å². The number of nitrogens with zero attached hydrogens (tertiary/aromatic N) is 2. The molecule has 0 aliphatic heterocycles. The molecule has 0 unspecified atom stereocenters. The van der Waals surface area contributed by atoms with E-state index in [1.165, 1.54) is 0 Å². The number of nitrogens with two attached hydrogens (primary N) is 1. The first kappa shape index (κ1) is 16.3. The number of nitrogen functional groups attached to an aromatic ring is 1. The summed E-state index contributed by atoms with van der Waals surface area (Å²) in [4.78, 5) is 2.01. The molecule has 21 heavy (non-hydrogen) atoms. The first-order chi connectivity index (χ1) is 9.85. The van der Waals surface area contributed by atoms with Crippen LogP contribution < -0.4 is 10.6 Å². The van der Waals surface area contributed by atoms with Crippen LogP contribution in [0.2, 0.25) is 0 Å². The van der Waals surface area contributed by atoms with E-state index in [0.717, 1.165) is 21.6 Å². The van der Waals surface area contributed by atoms with Crippen LogP contribution in [-0.4, -0.2) is 25.6 Å². The lowest BCUT2D eigenvalue weighted by molar-refractivity contribution is 0.597. The third-order valence-electron chi connectivity index (χ3n) is 3.03. The molecule has 114 valence electrons. The molecule has 0 radical (unpaired) electrons. The molecular weight excluding hydrogens is 374 g/mol. The van der Waals surface area contributed by atoms with Gasteiger partial charge in [0.15, 0.2) is 15.7 Å². The van der Waals surface area contributed by atoms with E-state index in [2.05, 4.69) is 20.3 Å². The van der Waals surface area contributed by atoms with Crippen molar-refractivity contribution in [1.29, 1.82) is 0 Å². The fourth-order valence-corrected chi connectivity index (χ4v) is 4.46. The zero-order chi connectivity index (χ0) is 15.6. The summed E-state index contributed by atoms with van der Waals surface area (Å²) >= 11 is 4.50. The van der Waals surface area contributed by atoms with Gasteiger partial charge < -0.3 is 10.6 Å². The molecule has 1 aromatic heterocycles. The number of sulfone groups is 1. The predicted molar refractivity (Wildman–Crippen MR) is 90.5 cm³/mol. The first-order valence-electron chi connectivity index (χ1n) is 6.28. The maximum atomic E-state index is 12.2. The smallest absolute Gasteiger partial charge is 0.184 e. The van der Waals surface area contributed by atoms with Crippen molar-refractivity contribution < 1.29 is 8.42 Å². The summed E-state index contributed by atoms with van der Waals surface area (Å²) in [6, 6.07) is 7.87. The monoisotopic (exact) mass is 389 g/mol. The molecule has 0 aliphatic carbocycles. The molecule has 0 saturated heterocycles. The Morgan fingerprint density at radius 3 is 2.52 bits per heavy atom. The number of aromatic nitrogens is 1. The highest BCUT2D eigenvalue weighted by Crippen LogP contribution is 2.35. The lowest BCUT2D eigenvalue weighted by Crippen LogP contribution is -2.18. The van der Waals surface area contributed by atoms with E-state index >= 15 is 0 Å². The fraction of sp³-hybridized carbons (Fsp3) is 0.308. The molecule has 0 amide bonds. The summed E-state index contributed by atoms with van der Waals surface area (Å²) in [5.41, 5.74) is 6.82. The zero-order valence-electron chi connectivity index (χ0n) is 11.7. The van der Waals surface area contributed by atoms with E-state index in [1.54, 1.807) is 6.92 Å². The van der Waals surface area contributed by atoms with Crippen LogP contribution in [0.5, 0.6) is 0 Å². The molecule has 5 nitrogen and oxygen atoms in total. The van der Waals surface area contributed by atoms with Gasteiger partial charge in [0, 0.05) is 18.1 Å². The highest BCUT2D eigenvalue weighted by Gasteiger charge is 2.26. The second-order valence-corrected chi connectivity index (χ2v) is 8.47. The Labute approximate surface area is 137 Å². The van der Waals surface area contributed by atoms with E-state index in [1.807, 2.05) is 36.2 Å². The van der Waals surface area contributed by atoms with Crippen molar-refractivity contribution in [2.75, 3.05) is 23.4 Å². The highest BCUT2D eigenvalue weighted by molar-refractivity contribution is 9.10. The Morgan fingerprint density at radius 1 is 1.33 bits per heavy atom. The standard InChI is InChI=1S/C13H16BrN3O2S2/c1-3-21(18,19)11-12(15)16-20-13(11)17(2)8-9-4-6-10(14)7-5-9/h4-7H,3,8H2,1-2H3,(H2,15,16). The maximum Gasteiger partial charge on any atom is 0.184 e. The molecule has 0 fully saturated rings. The van der Waals surface area contributed by atoms with Gasteiger partial charge in [0.05, 0.1) is 5.75 Å². The van der Waals surface area contributed by atoms with Gasteiger partial charge in [0.2, 0.25) is 0 Å². The van der Waals surface area contributed by atoms with E-state index in [4.69, 9.17) is 5.73 Å². The van der Waals surface area contributed by atoms with E-state index in [0.29, 0.717) is 11.5 Å². The minimum atomic E-state index is -3.39. The average Bonchev–Trinajstić information content (AvgIpc) is 2.84. The second kappa shape index (κ2) is 6.33. The maximum absolute atomic E-state index is 12.2. The number of hydrogen-bond donors (Lipinski definition) is 1. The summed E-state index contributed by atoms with van der Waals surface area (Å²) in [6.45, 7) is 2.19. The number of halogens is 1. The Hall–Kier alpha value is -1.12. The Morgan fingerprint density at radius 2 is 1.95 bits per heavy atom. The van der Waals surface area contributed by atoms with Crippen molar-refractivity contribution in [2.45, 2.75) is 18.4 Å². The van der Waals surface area contributed by atoms with Crippen molar-refractivity contribution >= 4 is 48.1 Å². The van der Waals surface area contributed by atoms with Crippen LogP contribution in [0, 0.1) is 0 Å². The van der Waals surface area contributed by atoms with Crippen LogP contribution >= 0.6 is 27.5 Å². The first-order valence-corrected chi connectivity index (χ1v) is 9.50. The summed E-state index contributed by atoms with van der Waals surface area (Å²) in [7, 11) is -1.55. The SMILES string of the molecule is CCS(=O)(=O)c1c(N)nsc1N(C)Cc1ccc(Br)cc1. The van der Waals surface area contributed by atoms with E-state index in [-0.39, 0.29) is 16.5 Å². The van der Waals surface area contributed by atoms with Gasteiger partial charge in [-0.25, -0.2) is 8.42 Å². The van der Waals surface area contributed by atoms with Crippen LogP contribution in [0.3, 0.4) is 0 Å². The van der Waals surface area contributed by atoms with E-state index < -0.39 is 9.84 Å². The van der Waals surface area contributed by atoms with Crippen LogP contribution in [-0.2, 0) is 16.4 Å². The Kier molecular flexibility index (Phi) is 4.90. The lowest BCUT2D eigenvalue weighted by Gasteiger charge is -2.18. The molecule has 0 atom stereocenters. The zero-order valence-corrected chi connectivity index (χ0v) is 14.9. The van der Waals surface area contributed by atoms with Crippen LogP contribution in [0.25, 0.3) is 0 Å². The molecular formula is C13H16BrN3O2S2. The van der Waals surface area contributed by atoms with Crippen molar-refractivity contribution in [3.05, 3.63) is 34.3 Å². The number of hydrogen-bond acceptors (Lipinski definition) is 6. The van der Waals surface area contributed by atoms with Gasteiger partial charge in [0.1, 0.15) is 9.90 Å². The van der Waals surface area contributed by atoms with Crippen LogP contribution in [0.1, 0.15) is 12.5 Å². The molecule has 1 heterocycles. The normalized spacial score (nSPS) is 11.6. The third-order valence-corrected chi connectivity index (χ3v) is 6.45. The molecule has 2 aromatic rings. The molecule has 0 spiro atoms. The molecule has 8 heteroatoms. The molecule has 0 bridgehead atoms. The highest BCUT2D eigenvalue weighted by atomic mass is 79.9. The quantitative estimate of drug-likeness (QED) is 0.850. The van der Waals surface area contributed by atoms with Crippen LogP contribution in [0.15, 0.2) is 33.6 Å². The summed E-state index contributed by atoms with van der Waals surface area (Å²) in [6.07, 6.45) is 0. The lowest BCUT2D eigenvalue weighted by atomic mass is 10.2. The topological polar surface area (TPSA) is 76.3 Å². The molecule has 0 aliphatic rings. The van der Waals surface area contributed by atoms with Crippen molar-refractivity contribution in [1.82, 2.24) is 4.37 Å². The van der Waals surface area contributed by atoms with E-state index in [9.17, 15) is 8.42 Å². The number of anilines is 2. The van der Waals surface area contributed by atoms with Crippen LogP contribution in [0.4, 0.5) is 10.8 Å². The molecule has 0 saturated carbocycles. The van der Waals surface area contributed by atoms with Gasteiger partial charge in [-0.2, -0.15) is 4.37 Å². The van der Waals surface area contributed by atoms with Gasteiger partial charge in [0.25, 0.3) is 0 Å². The van der Waals surface area contributed by atoms with Crippen molar-refractivity contribution in [3.63, 3.8) is 0 Å². The summed E-state index contributed by atoms with van der Waals surface area (Å²) in [5, 5.41) is 0.581. The predicted octanol–water partition coefficient (Wildman–Crippen LogP) is 2.92. The number of rotatable bonds is 5. The van der Waals surface area contributed by atoms with Gasteiger partial charge in [-0.1, -0.05) is 35.0 Å². The molecule has 2 N–H and O–H groups in total. The minimum absolute atomic E-state index is 0.00867. The van der Waals surface area contributed by atoms with Crippen molar-refractivity contribution in [2.24, 2.45) is 0 Å². The van der Waals surface area contributed by atoms with Gasteiger partial charge in [-0.15, -0.1) is 0 Å². The van der Waals surface area contributed by atoms with Crippen molar-refractivity contribution in [3.8, 4) is 0 Å². The molecule has 2 rings (SSSR count). The third kappa shape index (κ3) is 3.56. The summed E-state index contributed by atoms with van der Waals surface area (Å²) in [5.74, 6) is 0.0915. The number of benzene rings is 1. The average molecular weight is 390 g/mol.